The summed E-state index contributed by atoms with van der Waals surface area (Å²) in [5.41, 5.74) is 2.83. The van der Waals surface area contributed by atoms with Crippen LogP contribution < -0.4 is 4.74 Å². The Hall–Kier alpha value is -0.710. The Morgan fingerprint density at radius 3 is 2.06 bits per heavy atom. The number of fused-ring (bicyclic) bond motifs is 1. The van der Waals surface area contributed by atoms with E-state index in [2.05, 4.69) is 63.7 Å². The summed E-state index contributed by atoms with van der Waals surface area (Å²) < 4.78 is 27.6. The van der Waals surface area contributed by atoms with Crippen LogP contribution in [0, 0.1) is 13.8 Å². The number of hydrogen-bond acceptors (Lipinski definition) is 4. The third kappa shape index (κ3) is 4.27. The molecule has 1 aliphatic heterocycles. The summed E-state index contributed by atoms with van der Waals surface area (Å²) in [5.74, 6) is 0.756. The zero-order valence-electron chi connectivity index (χ0n) is 18.6. The molecule has 2 atom stereocenters. The fourth-order valence-electron chi connectivity index (χ4n) is 3.95. The minimum Gasteiger partial charge on any atom is -0.506 e. The van der Waals surface area contributed by atoms with Gasteiger partial charge in [0.05, 0.1) is 29.9 Å². The molecule has 4 nitrogen and oxygen atoms in total. The van der Waals surface area contributed by atoms with Crippen LogP contribution in [-0.4, -0.2) is 16.4 Å². The first-order valence-electron chi connectivity index (χ1n) is 10.1. The predicted molar refractivity (Wildman–Crippen MR) is 147 cm³/mol. The molecule has 0 radical (unpaired) electrons. The summed E-state index contributed by atoms with van der Waals surface area (Å²) in [6, 6.07) is 11.3. The number of benzene rings is 3. The van der Waals surface area contributed by atoms with E-state index >= 15 is 0 Å². The molecule has 0 saturated carbocycles. The summed E-state index contributed by atoms with van der Waals surface area (Å²) in [6.07, 6.45) is 0. The van der Waals surface area contributed by atoms with Gasteiger partial charge < -0.3 is 9.84 Å². The maximum absolute atomic E-state index is 13.1. The van der Waals surface area contributed by atoms with E-state index in [4.69, 9.17) is 8.92 Å². The monoisotopic (exact) mass is 722 g/mol. The van der Waals surface area contributed by atoms with Crippen molar-refractivity contribution in [2.24, 2.45) is 0 Å². The first-order valence-corrected chi connectivity index (χ1v) is 14.3. The third-order valence-corrected chi connectivity index (χ3v) is 9.70. The van der Waals surface area contributed by atoms with Crippen LogP contribution in [-0.2, 0) is 20.9 Å². The minimum absolute atomic E-state index is 0.0950. The molecular weight excluding hydrogens is 704 g/mol. The van der Waals surface area contributed by atoms with Gasteiger partial charge >= 0.3 is 0 Å². The van der Waals surface area contributed by atoms with E-state index in [9.17, 15) is 9.32 Å². The zero-order chi connectivity index (χ0) is 24.7. The number of aromatic hydroxyl groups is 1. The zero-order valence-corrected chi connectivity index (χ0v) is 25.7. The lowest BCUT2D eigenvalue weighted by molar-refractivity contribution is 0.190. The minimum atomic E-state index is -1.68. The smallest absolute Gasteiger partial charge is 0.191 e. The lowest BCUT2D eigenvalue weighted by Crippen LogP contribution is -2.31. The van der Waals surface area contributed by atoms with Crippen molar-refractivity contribution < 1.29 is 18.2 Å². The highest BCUT2D eigenvalue weighted by Crippen LogP contribution is 2.55. The van der Waals surface area contributed by atoms with Crippen molar-refractivity contribution in [1.82, 2.24) is 0 Å². The number of phenols is 1. The maximum atomic E-state index is 13.1. The fourth-order valence-corrected chi connectivity index (χ4v) is 7.68. The van der Waals surface area contributed by atoms with E-state index in [-0.39, 0.29) is 5.75 Å². The second-order valence-electron chi connectivity index (χ2n) is 7.07. The molecule has 9 heteroatoms. The summed E-state index contributed by atoms with van der Waals surface area (Å²) in [5, 5.41) is 10.4. The van der Waals surface area contributed by atoms with Crippen molar-refractivity contribution in [2.45, 2.75) is 38.2 Å². The van der Waals surface area contributed by atoms with Crippen LogP contribution in [0.25, 0.3) is 0 Å². The number of hydrogen-bond donors (Lipinski definition) is 1. The summed E-state index contributed by atoms with van der Waals surface area (Å²) in [7, 11) is 1.61. The second kappa shape index (κ2) is 10.5. The molecule has 0 aromatic heterocycles. The molecule has 0 amide bonds. The molecule has 33 heavy (non-hydrogen) atoms. The van der Waals surface area contributed by atoms with Crippen LogP contribution in [0.1, 0.15) is 41.7 Å². The van der Waals surface area contributed by atoms with E-state index in [1.54, 1.807) is 7.11 Å². The first kappa shape index (κ1) is 26.9. The van der Waals surface area contributed by atoms with Gasteiger partial charge in [-0.05, 0) is 118 Å². The van der Waals surface area contributed by atoms with Gasteiger partial charge in [0.25, 0.3) is 0 Å². The molecule has 176 valence electrons. The topological polar surface area (TPSA) is 55.8 Å². The Morgan fingerprint density at radius 1 is 0.909 bits per heavy atom. The van der Waals surface area contributed by atoms with E-state index in [0.717, 1.165) is 36.8 Å². The van der Waals surface area contributed by atoms with E-state index < -0.39 is 16.7 Å². The molecule has 3 aromatic rings. The normalized spacial score (nSPS) is 19.0. The molecule has 0 spiro atoms. The van der Waals surface area contributed by atoms with Crippen LogP contribution in [0.5, 0.6) is 11.5 Å². The quantitative estimate of drug-likeness (QED) is 0.295. The van der Waals surface area contributed by atoms with Crippen LogP contribution in [0.15, 0.2) is 59.2 Å². The molecule has 1 heterocycles. The van der Waals surface area contributed by atoms with Gasteiger partial charge in [-0.25, -0.2) is 4.21 Å². The van der Waals surface area contributed by atoms with Gasteiger partial charge in [-0.1, -0.05) is 32.0 Å². The van der Waals surface area contributed by atoms with E-state index in [1.165, 1.54) is 0 Å². The van der Waals surface area contributed by atoms with E-state index in [0.29, 0.717) is 19.6 Å². The molecule has 0 saturated heterocycles. The standard InChI is InChI=1S/C22H16Br4O4S.C2H6/c1-10-13(8-15(23)20(27)18(10)25)22(12-6-4-5-7-17(12)31(28)30-22)14-9-16(24)21(29-3)19(26)11(14)2;1-2/h4-9,27H,1-3H3;1-2H3. The predicted octanol–water partition coefficient (Wildman–Crippen LogP) is 8.44. The average Bonchev–Trinajstić information content (AvgIpc) is 3.12. The summed E-state index contributed by atoms with van der Waals surface area (Å²) in [6.45, 7) is 7.85. The van der Waals surface area contributed by atoms with Crippen molar-refractivity contribution in [2.75, 3.05) is 7.11 Å². The van der Waals surface area contributed by atoms with Gasteiger partial charge in [0, 0.05) is 5.56 Å². The van der Waals surface area contributed by atoms with Crippen molar-refractivity contribution in [3.8, 4) is 11.5 Å². The van der Waals surface area contributed by atoms with Crippen molar-refractivity contribution in [3.63, 3.8) is 0 Å². The summed E-state index contributed by atoms with van der Waals surface area (Å²) >= 11 is 12.5. The van der Waals surface area contributed by atoms with Gasteiger partial charge in [-0.3, -0.25) is 4.18 Å². The van der Waals surface area contributed by atoms with Gasteiger partial charge in [-0.2, -0.15) is 0 Å². The Balaban J connectivity index is 0.00000149. The molecule has 4 rings (SSSR count). The number of ether oxygens (including phenoxy) is 1. The van der Waals surface area contributed by atoms with Crippen LogP contribution in [0.4, 0.5) is 0 Å². The molecule has 3 aromatic carbocycles. The highest BCUT2D eigenvalue weighted by molar-refractivity contribution is 9.11. The average molecular weight is 726 g/mol. The molecule has 1 N–H and O–H groups in total. The van der Waals surface area contributed by atoms with Crippen molar-refractivity contribution in [1.29, 1.82) is 0 Å². The van der Waals surface area contributed by atoms with Crippen LogP contribution in [0.3, 0.4) is 0 Å². The largest absolute Gasteiger partial charge is 0.506 e. The number of halogens is 4. The highest BCUT2D eigenvalue weighted by Gasteiger charge is 2.50. The van der Waals surface area contributed by atoms with Gasteiger partial charge in [0.15, 0.2) is 16.7 Å². The first-order chi connectivity index (χ1) is 15.6. The number of phenolic OH excluding ortho intramolecular Hbond substituents is 1. The highest BCUT2D eigenvalue weighted by atomic mass is 79.9. The Morgan fingerprint density at radius 2 is 1.45 bits per heavy atom. The lowest BCUT2D eigenvalue weighted by atomic mass is 9.77. The molecule has 0 aliphatic carbocycles. The molecule has 0 bridgehead atoms. The molecule has 1 aliphatic rings. The van der Waals surface area contributed by atoms with Gasteiger partial charge in [0.2, 0.25) is 0 Å². The van der Waals surface area contributed by atoms with Crippen molar-refractivity contribution >= 4 is 74.8 Å². The van der Waals surface area contributed by atoms with Crippen molar-refractivity contribution in [3.05, 3.63) is 82.1 Å². The Kier molecular flexibility index (Phi) is 8.55. The summed E-state index contributed by atoms with van der Waals surface area (Å²) in [4.78, 5) is 0.615. The van der Waals surface area contributed by atoms with E-state index in [1.807, 2.05) is 64.1 Å². The third-order valence-electron chi connectivity index (χ3n) is 5.47. The SMILES string of the molecule is CC.COc1c(Br)cc(C2(c3cc(Br)c(O)c(Br)c3C)OS(=O)c3ccccc32)c(C)c1Br. The maximum Gasteiger partial charge on any atom is 0.191 e. The van der Waals surface area contributed by atoms with Gasteiger partial charge in [0.1, 0.15) is 11.5 Å². The lowest BCUT2D eigenvalue weighted by Gasteiger charge is -2.33. The Bertz CT molecular complexity index is 1260. The fraction of sp³-hybridized carbons (Fsp3) is 0.250. The second-order valence-corrected chi connectivity index (χ2v) is 11.4. The van der Waals surface area contributed by atoms with Crippen LogP contribution in [0.2, 0.25) is 0 Å². The Labute approximate surface area is 230 Å². The molecular formula is C24H22Br4O4S. The number of rotatable bonds is 3. The van der Waals surface area contributed by atoms with Crippen LogP contribution >= 0.6 is 63.7 Å². The molecule has 0 fully saturated rings. The molecule has 2 unspecified atom stereocenters. The number of methoxy groups -OCH3 is 1. The van der Waals surface area contributed by atoms with Gasteiger partial charge in [-0.15, -0.1) is 0 Å².